The minimum absolute atomic E-state index is 0.175. The van der Waals surface area contributed by atoms with Crippen molar-refractivity contribution in [2.24, 2.45) is 17.6 Å². The smallest absolute Gasteiger partial charge is 0.223 e. The highest BCUT2D eigenvalue weighted by atomic mass is 16.5. The van der Waals surface area contributed by atoms with Gasteiger partial charge in [0.05, 0.1) is 12.7 Å². The molecule has 0 aromatic carbocycles. The fourth-order valence-electron chi connectivity index (χ4n) is 3.34. The van der Waals surface area contributed by atoms with Crippen LogP contribution in [0.1, 0.15) is 51.4 Å². The summed E-state index contributed by atoms with van der Waals surface area (Å²) in [5.74, 6) is 0.918. The summed E-state index contributed by atoms with van der Waals surface area (Å²) in [4.78, 5) is 12.0. The molecule has 19 heavy (non-hydrogen) atoms. The molecule has 2 aliphatic rings. The Hall–Kier alpha value is -0.610. The van der Waals surface area contributed by atoms with Crippen LogP contribution >= 0.6 is 0 Å². The van der Waals surface area contributed by atoms with Crippen molar-refractivity contribution in [1.29, 1.82) is 0 Å². The lowest BCUT2D eigenvalue weighted by atomic mass is 9.81. The molecule has 0 bridgehead atoms. The molecule has 0 aromatic heterocycles. The van der Waals surface area contributed by atoms with Gasteiger partial charge in [-0.1, -0.05) is 19.3 Å². The minimum Gasteiger partial charge on any atom is -0.376 e. The van der Waals surface area contributed by atoms with Gasteiger partial charge >= 0.3 is 0 Å². The highest BCUT2D eigenvalue weighted by Crippen LogP contribution is 2.28. The van der Waals surface area contributed by atoms with Crippen molar-refractivity contribution >= 4 is 5.91 Å². The average Bonchev–Trinajstić information content (AvgIpc) is 2.96. The van der Waals surface area contributed by atoms with Crippen molar-refractivity contribution in [1.82, 2.24) is 5.32 Å². The lowest BCUT2D eigenvalue weighted by Crippen LogP contribution is -2.37. The molecular weight excluding hydrogens is 240 g/mol. The van der Waals surface area contributed by atoms with E-state index < -0.39 is 0 Å². The number of hydrogen-bond donors (Lipinski definition) is 2. The van der Waals surface area contributed by atoms with Gasteiger partial charge < -0.3 is 15.8 Å². The summed E-state index contributed by atoms with van der Waals surface area (Å²) in [5, 5.41) is 3.02. The van der Waals surface area contributed by atoms with Crippen molar-refractivity contribution in [3.05, 3.63) is 0 Å². The number of carbonyl (C=O) groups excluding carboxylic acids is 1. The van der Waals surface area contributed by atoms with Crippen LogP contribution in [0.25, 0.3) is 0 Å². The van der Waals surface area contributed by atoms with Gasteiger partial charge in [0.2, 0.25) is 5.91 Å². The monoisotopic (exact) mass is 268 g/mol. The van der Waals surface area contributed by atoms with E-state index in [4.69, 9.17) is 10.5 Å². The molecule has 0 heterocycles. The standard InChI is InChI=1S/C15H28N2O2/c16-11-12-4-3-5-13(10-12)15(18)17-8-9-19-14-6-1-2-7-14/h12-14H,1-11,16H2,(H,17,18). The van der Waals surface area contributed by atoms with Gasteiger partial charge in [-0.05, 0) is 44.6 Å². The first-order valence-electron chi connectivity index (χ1n) is 7.89. The summed E-state index contributed by atoms with van der Waals surface area (Å²) < 4.78 is 5.75. The molecule has 0 aromatic rings. The third-order valence-corrected chi connectivity index (χ3v) is 4.54. The third kappa shape index (κ3) is 4.77. The van der Waals surface area contributed by atoms with Crippen molar-refractivity contribution in [2.75, 3.05) is 19.7 Å². The highest BCUT2D eigenvalue weighted by molar-refractivity contribution is 5.78. The quantitative estimate of drug-likeness (QED) is 0.722. The van der Waals surface area contributed by atoms with Crippen LogP contribution in [-0.2, 0) is 9.53 Å². The maximum atomic E-state index is 12.0. The second-order valence-corrected chi connectivity index (χ2v) is 6.03. The van der Waals surface area contributed by atoms with E-state index in [9.17, 15) is 4.79 Å². The zero-order valence-corrected chi connectivity index (χ0v) is 11.9. The molecule has 0 aliphatic heterocycles. The molecule has 0 radical (unpaired) electrons. The van der Waals surface area contributed by atoms with Crippen LogP contribution < -0.4 is 11.1 Å². The molecular formula is C15H28N2O2. The van der Waals surface area contributed by atoms with Crippen LogP contribution in [0, 0.1) is 11.8 Å². The molecule has 110 valence electrons. The molecule has 2 atom stereocenters. The second-order valence-electron chi connectivity index (χ2n) is 6.03. The maximum absolute atomic E-state index is 12.0. The maximum Gasteiger partial charge on any atom is 0.223 e. The van der Waals surface area contributed by atoms with Gasteiger partial charge in [-0.15, -0.1) is 0 Å². The van der Waals surface area contributed by atoms with E-state index in [2.05, 4.69) is 5.32 Å². The molecule has 0 saturated heterocycles. The Kier molecular flexibility index (Phi) is 6.11. The second kappa shape index (κ2) is 7.85. The molecule has 2 saturated carbocycles. The number of hydrogen-bond acceptors (Lipinski definition) is 3. The van der Waals surface area contributed by atoms with Crippen molar-refractivity contribution in [3.63, 3.8) is 0 Å². The normalized spacial score (nSPS) is 28.5. The van der Waals surface area contributed by atoms with Crippen LogP contribution in [0.2, 0.25) is 0 Å². The Balaban J connectivity index is 1.58. The van der Waals surface area contributed by atoms with Crippen LogP contribution in [0.4, 0.5) is 0 Å². The molecule has 2 fully saturated rings. The molecule has 0 spiro atoms. The van der Waals surface area contributed by atoms with Crippen LogP contribution in [0.3, 0.4) is 0 Å². The van der Waals surface area contributed by atoms with Crippen LogP contribution in [0.15, 0.2) is 0 Å². The average molecular weight is 268 g/mol. The van der Waals surface area contributed by atoms with Crippen molar-refractivity contribution < 1.29 is 9.53 Å². The summed E-state index contributed by atoms with van der Waals surface area (Å²) in [6.07, 6.45) is 9.71. The molecule has 3 N–H and O–H groups in total. The predicted octanol–water partition coefficient (Wildman–Crippen LogP) is 1.83. The Morgan fingerprint density at radius 1 is 1.16 bits per heavy atom. The molecule has 2 rings (SSSR count). The first-order chi connectivity index (χ1) is 9.29. The molecule has 2 unspecified atom stereocenters. The summed E-state index contributed by atoms with van der Waals surface area (Å²) in [6, 6.07) is 0. The van der Waals surface area contributed by atoms with E-state index in [1.54, 1.807) is 0 Å². The van der Waals surface area contributed by atoms with Crippen LogP contribution in [0.5, 0.6) is 0 Å². The van der Waals surface area contributed by atoms with E-state index in [0.717, 1.165) is 19.3 Å². The highest BCUT2D eigenvalue weighted by Gasteiger charge is 2.26. The van der Waals surface area contributed by atoms with E-state index in [-0.39, 0.29) is 11.8 Å². The molecule has 4 nitrogen and oxygen atoms in total. The number of carbonyl (C=O) groups is 1. The van der Waals surface area contributed by atoms with Gasteiger partial charge in [0, 0.05) is 12.5 Å². The van der Waals surface area contributed by atoms with Gasteiger partial charge in [-0.3, -0.25) is 4.79 Å². The predicted molar refractivity (Wildman–Crippen MR) is 75.7 cm³/mol. The Morgan fingerprint density at radius 3 is 2.68 bits per heavy atom. The Morgan fingerprint density at radius 2 is 1.95 bits per heavy atom. The fraction of sp³-hybridized carbons (Fsp3) is 0.933. The zero-order valence-electron chi connectivity index (χ0n) is 11.9. The topological polar surface area (TPSA) is 64.4 Å². The number of amides is 1. The van der Waals surface area contributed by atoms with E-state index in [1.165, 1.54) is 32.1 Å². The van der Waals surface area contributed by atoms with E-state index >= 15 is 0 Å². The minimum atomic E-state index is 0.175. The number of rotatable bonds is 6. The van der Waals surface area contributed by atoms with E-state index in [1.807, 2.05) is 0 Å². The molecule has 1 amide bonds. The third-order valence-electron chi connectivity index (χ3n) is 4.54. The van der Waals surface area contributed by atoms with Crippen LogP contribution in [-0.4, -0.2) is 31.7 Å². The lowest BCUT2D eigenvalue weighted by molar-refractivity contribution is -0.126. The molecule has 2 aliphatic carbocycles. The lowest BCUT2D eigenvalue weighted by Gasteiger charge is -2.27. The fourth-order valence-corrected chi connectivity index (χ4v) is 3.34. The number of nitrogens with one attached hydrogen (secondary N) is 1. The van der Waals surface area contributed by atoms with Crippen molar-refractivity contribution in [3.8, 4) is 0 Å². The summed E-state index contributed by atoms with van der Waals surface area (Å²) >= 11 is 0. The SMILES string of the molecule is NCC1CCCC(C(=O)NCCOC2CCCC2)C1. The first-order valence-corrected chi connectivity index (χ1v) is 7.89. The van der Waals surface area contributed by atoms with Gasteiger partial charge in [0.15, 0.2) is 0 Å². The van der Waals surface area contributed by atoms with Gasteiger partial charge in [-0.25, -0.2) is 0 Å². The van der Waals surface area contributed by atoms with E-state index in [0.29, 0.717) is 31.7 Å². The summed E-state index contributed by atoms with van der Waals surface area (Å²) in [7, 11) is 0. The number of ether oxygens (including phenoxy) is 1. The largest absolute Gasteiger partial charge is 0.376 e. The number of nitrogens with two attached hydrogens (primary N) is 1. The Bertz CT molecular complexity index is 277. The van der Waals surface area contributed by atoms with Gasteiger partial charge in [0.25, 0.3) is 0 Å². The van der Waals surface area contributed by atoms with Gasteiger partial charge in [-0.2, -0.15) is 0 Å². The molecule has 4 heteroatoms. The summed E-state index contributed by atoms with van der Waals surface area (Å²) in [6.45, 7) is 2.02. The Labute approximate surface area is 116 Å². The zero-order chi connectivity index (χ0) is 13.5. The summed E-state index contributed by atoms with van der Waals surface area (Å²) in [5.41, 5.74) is 5.71. The van der Waals surface area contributed by atoms with Gasteiger partial charge in [0.1, 0.15) is 0 Å². The van der Waals surface area contributed by atoms with Crippen molar-refractivity contribution in [2.45, 2.75) is 57.5 Å². The first kappa shape index (κ1) is 14.8.